The Kier molecular flexibility index (Phi) is 7.67. The molecule has 0 aromatic heterocycles. The van der Waals surface area contributed by atoms with Gasteiger partial charge in [-0.1, -0.05) is 54.1 Å². The predicted octanol–water partition coefficient (Wildman–Crippen LogP) is 4.21. The molecule has 2 aromatic carbocycles. The Bertz CT molecular complexity index is 1100. The fraction of sp³-hybridized carbons (Fsp3) is 0.483. The van der Waals surface area contributed by atoms with E-state index < -0.39 is 17.7 Å². The van der Waals surface area contributed by atoms with Gasteiger partial charge in [-0.3, -0.25) is 14.5 Å². The van der Waals surface area contributed by atoms with Crippen LogP contribution in [0.4, 0.5) is 4.79 Å². The van der Waals surface area contributed by atoms with E-state index in [2.05, 4.69) is 5.32 Å². The van der Waals surface area contributed by atoms with Crippen LogP contribution in [0.5, 0.6) is 0 Å². The number of piperidine rings is 1. The molecule has 1 unspecified atom stereocenters. The Morgan fingerprint density at radius 1 is 0.972 bits per heavy atom. The molecule has 0 saturated carbocycles. The summed E-state index contributed by atoms with van der Waals surface area (Å²) in [5, 5.41) is 3.04. The van der Waals surface area contributed by atoms with E-state index in [0.717, 1.165) is 16.7 Å². The summed E-state index contributed by atoms with van der Waals surface area (Å²) in [5.41, 5.74) is 3.74. The smallest absolute Gasteiger partial charge is 0.411 e. The number of amides is 3. The number of rotatable bonds is 4. The molecule has 2 aliphatic heterocycles. The highest BCUT2D eigenvalue weighted by molar-refractivity contribution is 5.87. The van der Waals surface area contributed by atoms with Crippen molar-refractivity contribution >= 4 is 17.9 Å². The lowest BCUT2D eigenvalue weighted by Gasteiger charge is -2.40. The molecule has 0 aliphatic carbocycles. The first-order chi connectivity index (χ1) is 17.1. The molecule has 2 aliphatic rings. The largest absolute Gasteiger partial charge is 0.444 e. The predicted molar refractivity (Wildman–Crippen MR) is 138 cm³/mol. The number of hydrogen-bond acceptors (Lipinski definition) is 4. The molecule has 4 rings (SSSR count). The maximum Gasteiger partial charge on any atom is 0.411 e. The molecule has 1 saturated heterocycles. The van der Waals surface area contributed by atoms with Crippen LogP contribution in [0.1, 0.15) is 55.9 Å². The Morgan fingerprint density at radius 2 is 1.61 bits per heavy atom. The van der Waals surface area contributed by atoms with Crippen molar-refractivity contribution in [3.63, 3.8) is 0 Å². The fourth-order valence-corrected chi connectivity index (χ4v) is 4.87. The average molecular weight is 492 g/mol. The van der Waals surface area contributed by atoms with E-state index in [1.54, 1.807) is 9.80 Å². The molecule has 36 heavy (non-hydrogen) atoms. The van der Waals surface area contributed by atoms with E-state index >= 15 is 0 Å². The Balaban J connectivity index is 1.37. The Labute approximate surface area is 213 Å². The minimum absolute atomic E-state index is 0.0321. The third kappa shape index (κ3) is 6.25. The van der Waals surface area contributed by atoms with Gasteiger partial charge in [-0.05, 0) is 57.2 Å². The number of hydrogen-bond donors (Lipinski definition) is 1. The number of nitrogens with zero attached hydrogens (tertiary/aromatic N) is 2. The van der Waals surface area contributed by atoms with E-state index in [9.17, 15) is 14.4 Å². The van der Waals surface area contributed by atoms with Gasteiger partial charge in [0, 0.05) is 32.0 Å². The Morgan fingerprint density at radius 3 is 2.25 bits per heavy atom. The van der Waals surface area contributed by atoms with Crippen molar-refractivity contribution in [2.45, 2.75) is 71.7 Å². The summed E-state index contributed by atoms with van der Waals surface area (Å²) in [4.78, 5) is 42.8. The minimum atomic E-state index is -0.647. The van der Waals surface area contributed by atoms with Gasteiger partial charge in [0.15, 0.2) is 0 Å². The van der Waals surface area contributed by atoms with Crippen LogP contribution in [-0.2, 0) is 33.8 Å². The van der Waals surface area contributed by atoms with Crippen LogP contribution in [0.3, 0.4) is 0 Å². The normalized spacial score (nSPS) is 18.4. The van der Waals surface area contributed by atoms with Gasteiger partial charge in [-0.2, -0.15) is 0 Å². The van der Waals surface area contributed by atoms with Crippen LogP contribution < -0.4 is 5.32 Å². The molecule has 3 amide bonds. The molecule has 1 N–H and O–H groups in total. The third-order valence-electron chi connectivity index (χ3n) is 6.93. The highest BCUT2D eigenvalue weighted by Gasteiger charge is 2.40. The molecule has 1 fully saturated rings. The van der Waals surface area contributed by atoms with Gasteiger partial charge in [0.25, 0.3) is 0 Å². The molecule has 2 heterocycles. The molecule has 1 atom stereocenters. The van der Waals surface area contributed by atoms with Crippen molar-refractivity contribution in [3.8, 4) is 0 Å². The van der Waals surface area contributed by atoms with Crippen LogP contribution in [0.25, 0.3) is 0 Å². The fourth-order valence-electron chi connectivity index (χ4n) is 4.87. The highest BCUT2D eigenvalue weighted by atomic mass is 16.6. The lowest BCUT2D eigenvalue weighted by Crippen LogP contribution is -2.56. The van der Waals surface area contributed by atoms with E-state index in [4.69, 9.17) is 4.74 Å². The number of carbonyl (C=O) groups excluding carboxylic acids is 3. The number of ether oxygens (including phenoxy) is 1. The third-order valence-corrected chi connectivity index (χ3v) is 6.93. The van der Waals surface area contributed by atoms with Crippen molar-refractivity contribution in [1.29, 1.82) is 0 Å². The second-order valence-corrected chi connectivity index (χ2v) is 10.9. The van der Waals surface area contributed by atoms with Gasteiger partial charge in [-0.25, -0.2) is 4.79 Å². The van der Waals surface area contributed by atoms with Crippen molar-refractivity contribution < 1.29 is 19.1 Å². The summed E-state index contributed by atoms with van der Waals surface area (Å²) in [6.45, 7) is 9.38. The van der Waals surface area contributed by atoms with Gasteiger partial charge in [-0.15, -0.1) is 0 Å². The molecular formula is C29H37N3O4. The Hall–Kier alpha value is -3.35. The van der Waals surface area contributed by atoms with Crippen LogP contribution in [0.15, 0.2) is 48.5 Å². The lowest BCUT2D eigenvalue weighted by atomic mass is 9.91. The topological polar surface area (TPSA) is 79.0 Å². The molecule has 7 heteroatoms. The standard InChI is InChI=1S/C29H37N3O4/c1-20-9-11-21(12-10-20)18-30-26(33)22-13-15-31(16-14-22)27(34)25-17-23-7-5-6-8-24(23)19-32(25)28(35)36-29(2,3)4/h5-12,22,25H,13-19H2,1-4H3,(H,30,33). The second kappa shape index (κ2) is 10.7. The molecule has 192 valence electrons. The van der Waals surface area contributed by atoms with Crippen molar-refractivity contribution in [2.24, 2.45) is 5.92 Å². The van der Waals surface area contributed by atoms with Crippen LogP contribution in [0, 0.1) is 12.8 Å². The molecule has 0 spiro atoms. The maximum absolute atomic E-state index is 13.6. The zero-order valence-corrected chi connectivity index (χ0v) is 21.8. The number of carbonyl (C=O) groups is 3. The minimum Gasteiger partial charge on any atom is -0.444 e. The summed E-state index contributed by atoms with van der Waals surface area (Å²) in [6, 6.07) is 15.4. The first-order valence-corrected chi connectivity index (χ1v) is 12.8. The van der Waals surface area contributed by atoms with Crippen LogP contribution in [-0.4, -0.2) is 52.4 Å². The number of nitrogens with one attached hydrogen (secondary N) is 1. The van der Waals surface area contributed by atoms with E-state index in [1.165, 1.54) is 5.56 Å². The first kappa shape index (κ1) is 25.7. The molecule has 7 nitrogen and oxygen atoms in total. The zero-order valence-electron chi connectivity index (χ0n) is 21.8. The van der Waals surface area contributed by atoms with Gasteiger partial charge in [0.1, 0.15) is 11.6 Å². The van der Waals surface area contributed by atoms with Crippen molar-refractivity contribution in [1.82, 2.24) is 15.1 Å². The van der Waals surface area contributed by atoms with E-state index in [-0.39, 0.29) is 17.7 Å². The van der Waals surface area contributed by atoms with Gasteiger partial charge < -0.3 is 15.0 Å². The first-order valence-electron chi connectivity index (χ1n) is 12.8. The van der Waals surface area contributed by atoms with Gasteiger partial charge in [0.2, 0.25) is 11.8 Å². The van der Waals surface area contributed by atoms with Crippen LogP contribution >= 0.6 is 0 Å². The average Bonchev–Trinajstić information content (AvgIpc) is 2.86. The zero-order chi connectivity index (χ0) is 25.9. The summed E-state index contributed by atoms with van der Waals surface area (Å²) < 4.78 is 5.64. The summed E-state index contributed by atoms with van der Waals surface area (Å²) in [6.07, 6.45) is 1.22. The maximum atomic E-state index is 13.6. The number of fused-ring (bicyclic) bond motifs is 1. The highest BCUT2D eigenvalue weighted by Crippen LogP contribution is 2.28. The number of benzene rings is 2. The lowest BCUT2D eigenvalue weighted by molar-refractivity contribution is -0.140. The monoisotopic (exact) mass is 491 g/mol. The molecule has 0 bridgehead atoms. The SMILES string of the molecule is Cc1ccc(CNC(=O)C2CCN(C(=O)C3Cc4ccccc4CN3C(=O)OC(C)(C)C)CC2)cc1. The summed E-state index contributed by atoms with van der Waals surface area (Å²) in [5.74, 6) is -0.160. The van der Waals surface area contributed by atoms with E-state index in [0.29, 0.717) is 45.4 Å². The quantitative estimate of drug-likeness (QED) is 0.695. The van der Waals surface area contributed by atoms with Gasteiger partial charge in [0.05, 0.1) is 6.54 Å². The van der Waals surface area contributed by atoms with Crippen molar-refractivity contribution in [2.75, 3.05) is 13.1 Å². The van der Waals surface area contributed by atoms with Gasteiger partial charge >= 0.3 is 6.09 Å². The van der Waals surface area contributed by atoms with Crippen molar-refractivity contribution in [3.05, 3.63) is 70.8 Å². The number of aryl methyl sites for hydroxylation is 1. The molecule has 2 aromatic rings. The van der Waals surface area contributed by atoms with Crippen LogP contribution in [0.2, 0.25) is 0 Å². The number of likely N-dealkylation sites (tertiary alicyclic amines) is 1. The molecular weight excluding hydrogens is 454 g/mol. The summed E-state index contributed by atoms with van der Waals surface area (Å²) >= 11 is 0. The summed E-state index contributed by atoms with van der Waals surface area (Å²) in [7, 11) is 0. The molecule has 0 radical (unpaired) electrons. The second-order valence-electron chi connectivity index (χ2n) is 10.9. The van der Waals surface area contributed by atoms with E-state index in [1.807, 2.05) is 76.2 Å².